The molecule has 1 aliphatic rings. The van der Waals surface area contributed by atoms with E-state index in [-0.39, 0.29) is 11.7 Å². The van der Waals surface area contributed by atoms with Gasteiger partial charge in [-0.1, -0.05) is 19.1 Å². The van der Waals surface area contributed by atoms with Crippen molar-refractivity contribution in [1.29, 1.82) is 0 Å². The molecule has 1 aromatic carbocycles. The van der Waals surface area contributed by atoms with Crippen molar-refractivity contribution in [3.8, 4) is 0 Å². The van der Waals surface area contributed by atoms with Crippen LogP contribution in [-0.2, 0) is 4.79 Å². The van der Waals surface area contributed by atoms with Gasteiger partial charge < -0.3 is 9.80 Å². The fraction of sp³-hybridized carbons (Fsp3) is 0.500. The third-order valence-corrected chi connectivity index (χ3v) is 3.81. The van der Waals surface area contributed by atoms with E-state index in [0.717, 1.165) is 43.9 Å². The van der Waals surface area contributed by atoms with Gasteiger partial charge in [-0.25, -0.2) is 0 Å². The van der Waals surface area contributed by atoms with Gasteiger partial charge >= 0.3 is 0 Å². The Morgan fingerprint density at radius 2 is 1.85 bits per heavy atom. The second kappa shape index (κ2) is 6.55. The molecule has 0 atom stereocenters. The summed E-state index contributed by atoms with van der Waals surface area (Å²) in [6, 6.07) is 7.78. The van der Waals surface area contributed by atoms with E-state index in [4.69, 9.17) is 0 Å². The summed E-state index contributed by atoms with van der Waals surface area (Å²) in [7, 11) is 0. The lowest BCUT2D eigenvalue weighted by Gasteiger charge is -2.25. The predicted molar refractivity (Wildman–Crippen MR) is 80.1 cm³/mol. The number of amides is 1. The fourth-order valence-corrected chi connectivity index (χ4v) is 2.65. The van der Waals surface area contributed by atoms with Crippen LogP contribution in [0.2, 0.25) is 0 Å². The number of hydrogen-bond donors (Lipinski definition) is 0. The van der Waals surface area contributed by atoms with E-state index >= 15 is 0 Å². The first-order valence-electron chi connectivity index (χ1n) is 7.26. The van der Waals surface area contributed by atoms with Crippen LogP contribution in [0.25, 0.3) is 0 Å². The first-order valence-corrected chi connectivity index (χ1v) is 7.26. The Hall–Kier alpha value is -1.84. The minimum Gasteiger partial charge on any atom is -0.369 e. The Labute approximate surface area is 120 Å². The largest absolute Gasteiger partial charge is 0.369 e. The Balaban J connectivity index is 2.19. The molecule has 4 nitrogen and oxygen atoms in total. The molecule has 1 aromatic rings. The minimum atomic E-state index is 0.129. The number of hydrogen-bond acceptors (Lipinski definition) is 3. The van der Waals surface area contributed by atoms with E-state index in [1.165, 1.54) is 0 Å². The summed E-state index contributed by atoms with van der Waals surface area (Å²) in [5, 5.41) is 0. The van der Waals surface area contributed by atoms with E-state index in [9.17, 15) is 9.59 Å². The molecule has 0 aliphatic carbocycles. The third-order valence-electron chi connectivity index (χ3n) is 3.81. The van der Waals surface area contributed by atoms with Crippen LogP contribution in [0.4, 0.5) is 5.69 Å². The lowest BCUT2D eigenvalue weighted by molar-refractivity contribution is -0.128. The minimum absolute atomic E-state index is 0.129. The summed E-state index contributed by atoms with van der Waals surface area (Å²) < 4.78 is 0. The molecule has 0 bridgehead atoms. The number of Topliss-reactive ketones (excluding diaryl/α,β-unsaturated/α-hetero) is 1. The monoisotopic (exact) mass is 274 g/mol. The van der Waals surface area contributed by atoms with Crippen molar-refractivity contribution in [1.82, 2.24) is 4.90 Å². The number of para-hydroxylation sites is 1. The lowest BCUT2D eigenvalue weighted by atomic mass is 10.1. The van der Waals surface area contributed by atoms with Crippen molar-refractivity contribution >= 4 is 17.4 Å². The number of rotatable bonds is 3. The number of carbonyl (C=O) groups excluding carboxylic acids is 2. The third kappa shape index (κ3) is 3.18. The maximum absolute atomic E-state index is 12.0. The van der Waals surface area contributed by atoms with Gasteiger partial charge in [0.15, 0.2) is 5.78 Å². The highest BCUT2D eigenvalue weighted by atomic mass is 16.2. The average Bonchev–Trinajstić information content (AvgIpc) is 2.72. The highest BCUT2D eigenvalue weighted by Crippen LogP contribution is 2.23. The van der Waals surface area contributed by atoms with E-state index in [0.29, 0.717) is 6.42 Å². The summed E-state index contributed by atoms with van der Waals surface area (Å²) >= 11 is 0. The van der Waals surface area contributed by atoms with E-state index in [1.807, 2.05) is 36.1 Å². The van der Waals surface area contributed by atoms with Crippen molar-refractivity contribution in [3.05, 3.63) is 29.8 Å². The van der Waals surface area contributed by atoms with Gasteiger partial charge in [-0.15, -0.1) is 0 Å². The van der Waals surface area contributed by atoms with E-state index in [2.05, 4.69) is 4.90 Å². The van der Waals surface area contributed by atoms with Crippen LogP contribution < -0.4 is 4.90 Å². The molecule has 1 fully saturated rings. The molecule has 1 amide bonds. The molecule has 1 saturated heterocycles. The van der Waals surface area contributed by atoms with Gasteiger partial charge in [-0.3, -0.25) is 9.59 Å². The zero-order valence-corrected chi connectivity index (χ0v) is 12.3. The summed E-state index contributed by atoms with van der Waals surface area (Å²) in [5.41, 5.74) is 1.80. The fourth-order valence-electron chi connectivity index (χ4n) is 2.65. The predicted octanol–water partition coefficient (Wildman–Crippen LogP) is 2.34. The van der Waals surface area contributed by atoms with Gasteiger partial charge in [0.25, 0.3) is 0 Å². The molecule has 0 saturated carbocycles. The van der Waals surface area contributed by atoms with Crippen molar-refractivity contribution in [2.24, 2.45) is 0 Å². The van der Waals surface area contributed by atoms with Crippen LogP contribution in [0.15, 0.2) is 24.3 Å². The summed E-state index contributed by atoms with van der Waals surface area (Å²) in [5.74, 6) is 0.304. The zero-order chi connectivity index (χ0) is 14.5. The normalized spacial score (nSPS) is 15.9. The number of nitrogens with zero attached hydrogens (tertiary/aromatic N) is 2. The number of benzene rings is 1. The maximum atomic E-state index is 12.0. The lowest BCUT2D eigenvalue weighted by Crippen LogP contribution is -2.34. The number of carbonyl (C=O) groups is 2. The second-order valence-electron chi connectivity index (χ2n) is 5.14. The van der Waals surface area contributed by atoms with Crippen molar-refractivity contribution in [2.45, 2.75) is 26.7 Å². The summed E-state index contributed by atoms with van der Waals surface area (Å²) in [6.45, 7) is 6.70. The standard InChI is InChI=1S/C16H22N2O2/c1-3-16(20)14-7-4-5-8-15(14)18-10-6-9-17(11-12-18)13(2)19/h4-5,7-8H,3,6,9-12H2,1-2H3. The molecule has 1 aliphatic heterocycles. The topological polar surface area (TPSA) is 40.6 Å². The quantitative estimate of drug-likeness (QED) is 0.794. The Kier molecular flexibility index (Phi) is 4.77. The van der Waals surface area contributed by atoms with Crippen LogP contribution in [0.5, 0.6) is 0 Å². The van der Waals surface area contributed by atoms with Gasteiger partial charge in [0, 0.05) is 50.8 Å². The molecule has 108 valence electrons. The van der Waals surface area contributed by atoms with E-state index in [1.54, 1.807) is 6.92 Å². The van der Waals surface area contributed by atoms with Crippen LogP contribution >= 0.6 is 0 Å². The molecule has 0 spiro atoms. The highest BCUT2D eigenvalue weighted by Gasteiger charge is 2.19. The van der Waals surface area contributed by atoms with Crippen molar-refractivity contribution < 1.29 is 9.59 Å². The Morgan fingerprint density at radius 1 is 1.10 bits per heavy atom. The van der Waals surface area contributed by atoms with Gasteiger partial charge in [0.2, 0.25) is 5.91 Å². The Bertz CT molecular complexity index is 499. The molecule has 0 unspecified atom stereocenters. The molecular weight excluding hydrogens is 252 g/mol. The van der Waals surface area contributed by atoms with Gasteiger partial charge in [-0.05, 0) is 18.6 Å². The van der Waals surface area contributed by atoms with Gasteiger partial charge in [0.05, 0.1) is 0 Å². The molecular formula is C16H22N2O2. The molecule has 0 N–H and O–H groups in total. The average molecular weight is 274 g/mol. The number of ketones is 1. The first-order chi connectivity index (χ1) is 9.63. The molecule has 1 heterocycles. The maximum Gasteiger partial charge on any atom is 0.219 e. The molecule has 4 heteroatoms. The summed E-state index contributed by atoms with van der Waals surface area (Å²) in [6.07, 6.45) is 1.46. The van der Waals surface area contributed by atoms with Crippen LogP contribution in [0.3, 0.4) is 0 Å². The van der Waals surface area contributed by atoms with Gasteiger partial charge in [-0.2, -0.15) is 0 Å². The molecule has 2 rings (SSSR count). The second-order valence-corrected chi connectivity index (χ2v) is 5.14. The molecule has 0 aromatic heterocycles. The van der Waals surface area contributed by atoms with Crippen LogP contribution in [0.1, 0.15) is 37.0 Å². The Morgan fingerprint density at radius 3 is 2.55 bits per heavy atom. The van der Waals surface area contributed by atoms with Crippen LogP contribution in [0, 0.1) is 0 Å². The summed E-state index contributed by atoms with van der Waals surface area (Å²) in [4.78, 5) is 27.6. The van der Waals surface area contributed by atoms with Crippen LogP contribution in [-0.4, -0.2) is 42.8 Å². The smallest absolute Gasteiger partial charge is 0.219 e. The van der Waals surface area contributed by atoms with Crippen molar-refractivity contribution in [3.63, 3.8) is 0 Å². The SMILES string of the molecule is CCC(=O)c1ccccc1N1CCCN(C(C)=O)CC1. The highest BCUT2D eigenvalue weighted by molar-refractivity contribution is 6.01. The zero-order valence-electron chi connectivity index (χ0n) is 12.3. The first kappa shape index (κ1) is 14.6. The number of anilines is 1. The van der Waals surface area contributed by atoms with E-state index < -0.39 is 0 Å². The van der Waals surface area contributed by atoms with Crippen molar-refractivity contribution in [2.75, 3.05) is 31.1 Å². The molecule has 20 heavy (non-hydrogen) atoms. The van der Waals surface area contributed by atoms with Gasteiger partial charge in [0.1, 0.15) is 0 Å². The molecule has 0 radical (unpaired) electrons.